The Hall–Kier alpha value is -2.10. The Bertz CT molecular complexity index is 728. The van der Waals surface area contributed by atoms with Gasteiger partial charge in [0.05, 0.1) is 6.26 Å². The summed E-state index contributed by atoms with van der Waals surface area (Å²) in [5.41, 5.74) is 1.78. The lowest BCUT2D eigenvalue weighted by Gasteiger charge is -2.55. The van der Waals surface area contributed by atoms with Crippen LogP contribution in [0.1, 0.15) is 44.1 Å². The van der Waals surface area contributed by atoms with Crippen molar-refractivity contribution in [3.8, 4) is 11.5 Å². The number of pyridine rings is 1. The first-order valence-electron chi connectivity index (χ1n) is 9.47. The number of carbonyl (C=O) groups excluding carboxylic acids is 1. The summed E-state index contributed by atoms with van der Waals surface area (Å²) >= 11 is 0. The largest absolute Gasteiger partial charge is 0.463 e. The predicted molar refractivity (Wildman–Crippen MR) is 94.4 cm³/mol. The van der Waals surface area contributed by atoms with Gasteiger partial charge in [0.25, 0.3) is 0 Å². The Morgan fingerprint density at radius 1 is 1.12 bits per heavy atom. The van der Waals surface area contributed by atoms with Crippen molar-refractivity contribution in [3.05, 3.63) is 42.3 Å². The molecule has 2 aromatic heterocycles. The van der Waals surface area contributed by atoms with Crippen LogP contribution in [0.15, 0.2) is 41.1 Å². The van der Waals surface area contributed by atoms with Crippen LogP contribution in [-0.2, 0) is 11.3 Å². The molecule has 25 heavy (non-hydrogen) atoms. The Morgan fingerprint density at radius 3 is 2.40 bits per heavy atom. The average Bonchev–Trinajstić information content (AvgIpc) is 3.13. The van der Waals surface area contributed by atoms with E-state index >= 15 is 0 Å². The van der Waals surface area contributed by atoms with Gasteiger partial charge in [-0.2, -0.15) is 0 Å². The fraction of sp³-hybridized carbons (Fsp3) is 0.524. The standard InChI is InChI=1S/C21H24N2O2/c24-20(21-9-15-6-16(10-21)8-17(7-15)11-21)23-13-14-3-4-18(22-12-14)19-2-1-5-25-19/h1-5,12,15-17H,6-11,13H2,(H,23,24). The van der Waals surface area contributed by atoms with Gasteiger partial charge in [-0.05, 0) is 80.0 Å². The minimum absolute atomic E-state index is 0.0731. The molecule has 2 aromatic rings. The molecule has 130 valence electrons. The summed E-state index contributed by atoms with van der Waals surface area (Å²) in [7, 11) is 0. The van der Waals surface area contributed by atoms with Gasteiger partial charge in [-0.1, -0.05) is 6.07 Å². The van der Waals surface area contributed by atoms with Crippen LogP contribution in [-0.4, -0.2) is 10.9 Å². The molecular formula is C21H24N2O2. The van der Waals surface area contributed by atoms with E-state index in [-0.39, 0.29) is 11.3 Å². The lowest BCUT2D eigenvalue weighted by Crippen LogP contribution is -2.53. The third kappa shape index (κ3) is 2.68. The fourth-order valence-corrected chi connectivity index (χ4v) is 5.86. The molecule has 0 spiro atoms. The van der Waals surface area contributed by atoms with Crippen molar-refractivity contribution in [1.82, 2.24) is 10.3 Å². The van der Waals surface area contributed by atoms with Crippen LogP contribution in [0.4, 0.5) is 0 Å². The number of hydrogen-bond acceptors (Lipinski definition) is 3. The molecule has 4 bridgehead atoms. The highest BCUT2D eigenvalue weighted by Crippen LogP contribution is 2.60. The molecule has 0 aromatic carbocycles. The maximum Gasteiger partial charge on any atom is 0.226 e. The molecule has 0 saturated heterocycles. The number of furan rings is 1. The molecular weight excluding hydrogens is 312 g/mol. The smallest absolute Gasteiger partial charge is 0.226 e. The van der Waals surface area contributed by atoms with E-state index in [0.717, 1.165) is 54.0 Å². The van der Waals surface area contributed by atoms with Crippen LogP contribution in [0, 0.1) is 23.2 Å². The topological polar surface area (TPSA) is 55.1 Å². The summed E-state index contributed by atoms with van der Waals surface area (Å²) in [6.07, 6.45) is 10.9. The van der Waals surface area contributed by atoms with Gasteiger partial charge in [0.2, 0.25) is 5.91 Å². The lowest BCUT2D eigenvalue weighted by molar-refractivity contribution is -0.146. The van der Waals surface area contributed by atoms with E-state index < -0.39 is 0 Å². The molecule has 0 aliphatic heterocycles. The number of carbonyl (C=O) groups is 1. The van der Waals surface area contributed by atoms with Crippen LogP contribution in [0.2, 0.25) is 0 Å². The van der Waals surface area contributed by atoms with Crippen LogP contribution < -0.4 is 5.32 Å². The van der Waals surface area contributed by atoms with Gasteiger partial charge < -0.3 is 9.73 Å². The molecule has 0 unspecified atom stereocenters. The summed E-state index contributed by atoms with van der Waals surface area (Å²) in [6.45, 7) is 0.562. The number of nitrogens with one attached hydrogen (secondary N) is 1. The van der Waals surface area contributed by atoms with Crippen molar-refractivity contribution in [2.75, 3.05) is 0 Å². The SMILES string of the molecule is O=C(NCc1ccc(-c2ccco2)nc1)C12CC3CC(CC(C3)C1)C2. The van der Waals surface area contributed by atoms with Crippen molar-refractivity contribution in [2.24, 2.45) is 23.2 Å². The van der Waals surface area contributed by atoms with Gasteiger partial charge in [-0.15, -0.1) is 0 Å². The highest BCUT2D eigenvalue weighted by Gasteiger charge is 2.54. The van der Waals surface area contributed by atoms with E-state index in [4.69, 9.17) is 4.42 Å². The van der Waals surface area contributed by atoms with E-state index in [9.17, 15) is 4.79 Å². The van der Waals surface area contributed by atoms with Crippen LogP contribution in [0.25, 0.3) is 11.5 Å². The molecule has 4 heteroatoms. The third-order valence-corrected chi connectivity index (χ3v) is 6.57. The highest BCUT2D eigenvalue weighted by molar-refractivity contribution is 5.83. The molecule has 2 heterocycles. The molecule has 1 amide bonds. The van der Waals surface area contributed by atoms with Crippen molar-refractivity contribution < 1.29 is 9.21 Å². The monoisotopic (exact) mass is 336 g/mol. The van der Waals surface area contributed by atoms with Crippen LogP contribution in [0.5, 0.6) is 0 Å². The molecule has 4 nitrogen and oxygen atoms in total. The summed E-state index contributed by atoms with van der Waals surface area (Å²) in [4.78, 5) is 17.4. The zero-order valence-electron chi connectivity index (χ0n) is 14.4. The summed E-state index contributed by atoms with van der Waals surface area (Å²) in [5, 5.41) is 3.21. The molecule has 6 rings (SSSR count). The number of aromatic nitrogens is 1. The van der Waals surface area contributed by atoms with Crippen molar-refractivity contribution in [3.63, 3.8) is 0 Å². The summed E-state index contributed by atoms with van der Waals surface area (Å²) in [6, 6.07) is 7.73. The first kappa shape index (κ1) is 15.2. The predicted octanol–water partition coefficient (Wildman–Crippen LogP) is 4.17. The third-order valence-electron chi connectivity index (χ3n) is 6.57. The second kappa shape index (κ2) is 5.72. The van der Waals surface area contributed by atoms with E-state index in [1.54, 1.807) is 6.26 Å². The van der Waals surface area contributed by atoms with E-state index in [1.165, 1.54) is 19.3 Å². The Balaban J connectivity index is 1.25. The minimum atomic E-state index is -0.0731. The zero-order valence-corrected chi connectivity index (χ0v) is 14.4. The normalized spacial score (nSPS) is 32.7. The second-order valence-electron chi connectivity index (χ2n) is 8.41. The second-order valence-corrected chi connectivity index (χ2v) is 8.41. The Kier molecular flexibility index (Phi) is 3.47. The van der Waals surface area contributed by atoms with Gasteiger partial charge >= 0.3 is 0 Å². The first-order chi connectivity index (χ1) is 12.2. The molecule has 1 N–H and O–H groups in total. The van der Waals surface area contributed by atoms with Gasteiger partial charge in [0.1, 0.15) is 5.69 Å². The van der Waals surface area contributed by atoms with Crippen LogP contribution in [0.3, 0.4) is 0 Å². The Labute approximate surface area is 148 Å². The number of nitrogens with zero attached hydrogens (tertiary/aromatic N) is 1. The number of amides is 1. The maximum atomic E-state index is 13.0. The minimum Gasteiger partial charge on any atom is -0.463 e. The average molecular weight is 336 g/mol. The molecule has 0 radical (unpaired) electrons. The lowest BCUT2D eigenvalue weighted by atomic mass is 9.49. The zero-order chi connectivity index (χ0) is 16.9. The van der Waals surface area contributed by atoms with Crippen molar-refractivity contribution in [1.29, 1.82) is 0 Å². The number of rotatable bonds is 4. The molecule has 4 saturated carbocycles. The molecule has 4 fully saturated rings. The Morgan fingerprint density at radius 2 is 1.84 bits per heavy atom. The van der Waals surface area contributed by atoms with Crippen LogP contribution >= 0.6 is 0 Å². The maximum absolute atomic E-state index is 13.0. The van der Waals surface area contributed by atoms with Gasteiger partial charge in [-0.25, -0.2) is 0 Å². The van der Waals surface area contributed by atoms with E-state index in [1.807, 2.05) is 30.5 Å². The fourth-order valence-electron chi connectivity index (χ4n) is 5.86. The van der Waals surface area contributed by atoms with E-state index in [0.29, 0.717) is 6.54 Å². The molecule has 4 aliphatic rings. The van der Waals surface area contributed by atoms with Gasteiger partial charge in [0, 0.05) is 18.2 Å². The molecule has 0 atom stereocenters. The molecule has 4 aliphatic carbocycles. The van der Waals surface area contributed by atoms with Gasteiger partial charge in [-0.3, -0.25) is 9.78 Å². The summed E-state index contributed by atoms with van der Waals surface area (Å²) in [5.74, 6) is 3.44. The highest BCUT2D eigenvalue weighted by atomic mass is 16.3. The quantitative estimate of drug-likeness (QED) is 0.911. The van der Waals surface area contributed by atoms with E-state index in [2.05, 4.69) is 10.3 Å². The van der Waals surface area contributed by atoms with Crippen molar-refractivity contribution in [2.45, 2.75) is 45.1 Å². The van der Waals surface area contributed by atoms with Crippen molar-refractivity contribution >= 4 is 5.91 Å². The first-order valence-corrected chi connectivity index (χ1v) is 9.47. The number of hydrogen-bond donors (Lipinski definition) is 1. The summed E-state index contributed by atoms with van der Waals surface area (Å²) < 4.78 is 5.36. The van der Waals surface area contributed by atoms with Gasteiger partial charge in [0.15, 0.2) is 5.76 Å².